The van der Waals surface area contributed by atoms with Crippen molar-refractivity contribution >= 4 is 0 Å². The summed E-state index contributed by atoms with van der Waals surface area (Å²) in [6, 6.07) is 5.75. The van der Waals surface area contributed by atoms with Crippen molar-refractivity contribution in [3.8, 4) is 5.75 Å². The van der Waals surface area contributed by atoms with E-state index in [0.717, 1.165) is 25.7 Å². The molecule has 0 heterocycles. The molecule has 0 spiro atoms. The molecular formula is C18H23O3-. The average Bonchev–Trinajstić information content (AvgIpc) is 2.70. The van der Waals surface area contributed by atoms with Gasteiger partial charge >= 0.3 is 0 Å². The quantitative estimate of drug-likeness (QED) is 0.642. The van der Waals surface area contributed by atoms with E-state index in [1.807, 2.05) is 6.07 Å². The Morgan fingerprint density at radius 2 is 2.00 bits per heavy atom. The van der Waals surface area contributed by atoms with Gasteiger partial charge < -0.3 is 22.2 Å². The first-order valence-electron chi connectivity index (χ1n) is 8.04. The third kappa shape index (κ3) is 1.80. The second-order valence-electron chi connectivity index (χ2n) is 7.32. The largest absolute Gasteiger partial charge is 0.508 e. The fourth-order valence-corrected chi connectivity index (χ4v) is 5.36. The zero-order chi connectivity index (χ0) is 14.8. The van der Waals surface area contributed by atoms with E-state index in [1.165, 1.54) is 11.1 Å². The van der Waals surface area contributed by atoms with Gasteiger partial charge in [-0.15, -0.1) is 5.41 Å². The minimum absolute atomic E-state index is 0.309. The summed E-state index contributed by atoms with van der Waals surface area (Å²) in [5, 5.41) is 30.1. The first kappa shape index (κ1) is 13.6. The molecular weight excluding hydrogens is 264 g/mol. The van der Waals surface area contributed by atoms with Crippen LogP contribution in [0, 0.1) is 24.2 Å². The maximum absolute atomic E-state index is 10.3. The third-order valence-electron chi connectivity index (χ3n) is 6.41. The van der Waals surface area contributed by atoms with E-state index in [0.29, 0.717) is 29.9 Å². The SMILES string of the molecule is [CH2-]C12CCC3c4ccc(O)cc4CCC3C1CC(O)C2O. The summed E-state index contributed by atoms with van der Waals surface area (Å²) in [4.78, 5) is 0. The number of aliphatic hydroxyl groups excluding tert-OH is 2. The zero-order valence-corrected chi connectivity index (χ0v) is 12.2. The Balaban J connectivity index is 1.71. The predicted molar refractivity (Wildman–Crippen MR) is 79.8 cm³/mol. The third-order valence-corrected chi connectivity index (χ3v) is 6.41. The van der Waals surface area contributed by atoms with E-state index in [1.54, 1.807) is 6.07 Å². The molecule has 3 N–H and O–H groups in total. The lowest BCUT2D eigenvalue weighted by atomic mass is 9.55. The lowest BCUT2D eigenvalue weighted by Gasteiger charge is -2.54. The first-order valence-corrected chi connectivity index (χ1v) is 8.04. The van der Waals surface area contributed by atoms with E-state index in [4.69, 9.17) is 0 Å². The number of aromatic hydroxyl groups is 1. The highest BCUT2D eigenvalue weighted by Crippen LogP contribution is 2.60. The van der Waals surface area contributed by atoms with Crippen LogP contribution in [-0.2, 0) is 6.42 Å². The smallest absolute Gasteiger partial charge is 0.115 e. The highest BCUT2D eigenvalue weighted by molar-refractivity contribution is 5.40. The van der Waals surface area contributed by atoms with Crippen LogP contribution in [0.15, 0.2) is 18.2 Å². The summed E-state index contributed by atoms with van der Waals surface area (Å²) in [5.41, 5.74) is 2.27. The average molecular weight is 287 g/mol. The molecule has 0 aliphatic heterocycles. The van der Waals surface area contributed by atoms with Crippen molar-refractivity contribution in [1.82, 2.24) is 0 Å². The van der Waals surface area contributed by atoms with Crippen LogP contribution in [0.1, 0.15) is 42.7 Å². The van der Waals surface area contributed by atoms with Gasteiger partial charge in [0, 0.05) is 0 Å². The molecule has 0 aromatic heterocycles. The summed E-state index contributed by atoms with van der Waals surface area (Å²) in [6.45, 7) is 4.33. The Kier molecular flexibility index (Phi) is 2.89. The normalized spacial score (nSPS) is 44.8. The van der Waals surface area contributed by atoms with Gasteiger partial charge in [0.2, 0.25) is 0 Å². The molecule has 3 nitrogen and oxygen atoms in total. The molecule has 6 unspecified atom stereocenters. The van der Waals surface area contributed by atoms with Gasteiger partial charge in [-0.1, -0.05) is 18.4 Å². The number of hydrogen-bond acceptors (Lipinski definition) is 3. The minimum atomic E-state index is -0.676. The number of benzene rings is 1. The Morgan fingerprint density at radius 3 is 2.81 bits per heavy atom. The van der Waals surface area contributed by atoms with Gasteiger partial charge in [0.05, 0.1) is 12.2 Å². The molecule has 4 rings (SSSR count). The van der Waals surface area contributed by atoms with Crippen molar-refractivity contribution in [3.63, 3.8) is 0 Å². The molecule has 0 bridgehead atoms. The maximum Gasteiger partial charge on any atom is 0.115 e. The van der Waals surface area contributed by atoms with Crippen molar-refractivity contribution in [2.75, 3.05) is 0 Å². The molecule has 3 aliphatic carbocycles. The van der Waals surface area contributed by atoms with Crippen LogP contribution in [0.25, 0.3) is 0 Å². The van der Waals surface area contributed by atoms with Gasteiger partial charge in [-0.25, -0.2) is 0 Å². The van der Waals surface area contributed by atoms with Gasteiger partial charge in [-0.05, 0) is 60.8 Å². The van der Waals surface area contributed by atoms with E-state index >= 15 is 0 Å². The predicted octanol–water partition coefficient (Wildman–Crippen LogP) is 2.39. The van der Waals surface area contributed by atoms with Crippen LogP contribution < -0.4 is 0 Å². The zero-order valence-electron chi connectivity index (χ0n) is 12.2. The number of fused-ring (bicyclic) bond motifs is 5. The highest BCUT2D eigenvalue weighted by Gasteiger charge is 2.53. The van der Waals surface area contributed by atoms with Crippen LogP contribution in [-0.4, -0.2) is 27.5 Å². The molecule has 0 saturated heterocycles. The van der Waals surface area contributed by atoms with Gasteiger partial charge in [0.1, 0.15) is 5.75 Å². The van der Waals surface area contributed by atoms with E-state index in [2.05, 4.69) is 13.0 Å². The van der Waals surface area contributed by atoms with Crippen molar-refractivity contribution < 1.29 is 15.3 Å². The molecule has 0 radical (unpaired) electrons. The van der Waals surface area contributed by atoms with E-state index in [-0.39, 0.29) is 5.41 Å². The fraction of sp³-hybridized carbons (Fsp3) is 0.611. The lowest BCUT2D eigenvalue weighted by Crippen LogP contribution is -2.45. The molecule has 2 fully saturated rings. The number of phenolic OH excluding ortho intramolecular Hbond substituents is 1. The van der Waals surface area contributed by atoms with Crippen LogP contribution >= 0.6 is 0 Å². The summed E-state index contributed by atoms with van der Waals surface area (Å²) in [6.07, 6.45) is 3.33. The van der Waals surface area contributed by atoms with Crippen LogP contribution in [0.3, 0.4) is 0 Å². The molecule has 0 amide bonds. The van der Waals surface area contributed by atoms with E-state index in [9.17, 15) is 15.3 Å². The number of aliphatic hydroxyl groups is 2. The fourth-order valence-electron chi connectivity index (χ4n) is 5.36. The Bertz CT molecular complexity index is 570. The van der Waals surface area contributed by atoms with Crippen LogP contribution in [0.2, 0.25) is 0 Å². The molecule has 6 atom stereocenters. The Morgan fingerprint density at radius 1 is 1.19 bits per heavy atom. The van der Waals surface area contributed by atoms with E-state index < -0.39 is 12.2 Å². The van der Waals surface area contributed by atoms with Crippen molar-refractivity contribution in [1.29, 1.82) is 0 Å². The topological polar surface area (TPSA) is 60.7 Å². The minimum Gasteiger partial charge on any atom is -0.508 e. The van der Waals surface area contributed by atoms with Gasteiger partial charge in [-0.2, -0.15) is 0 Å². The molecule has 1 aromatic carbocycles. The highest BCUT2D eigenvalue weighted by atomic mass is 16.3. The molecule has 1 aromatic rings. The number of aryl methyl sites for hydroxylation is 1. The second kappa shape index (κ2) is 4.47. The Hall–Kier alpha value is -1.06. The first-order chi connectivity index (χ1) is 10.0. The standard InChI is InChI=1S/C18H23O3/c1-18-7-6-13-12-5-3-11(19)8-10(12)2-4-14(13)15(18)9-16(20)17(18)21/h3,5,8,13-17,19-21H,1-2,4,6-7,9H2/q-1. The number of hydrogen-bond donors (Lipinski definition) is 3. The summed E-state index contributed by atoms with van der Waals surface area (Å²) in [7, 11) is 0. The van der Waals surface area contributed by atoms with Crippen molar-refractivity contribution in [2.45, 2.75) is 50.2 Å². The molecule has 114 valence electrons. The summed E-state index contributed by atoms with van der Waals surface area (Å²) < 4.78 is 0. The monoisotopic (exact) mass is 287 g/mol. The summed E-state index contributed by atoms with van der Waals surface area (Å²) >= 11 is 0. The van der Waals surface area contributed by atoms with Crippen molar-refractivity contribution in [3.05, 3.63) is 36.2 Å². The van der Waals surface area contributed by atoms with Gasteiger partial charge in [0.25, 0.3) is 0 Å². The molecule has 2 saturated carbocycles. The lowest BCUT2D eigenvalue weighted by molar-refractivity contribution is -0.0348. The van der Waals surface area contributed by atoms with Crippen LogP contribution in [0.4, 0.5) is 0 Å². The molecule has 3 heteroatoms. The molecule has 3 aliphatic rings. The van der Waals surface area contributed by atoms with Crippen molar-refractivity contribution in [2.24, 2.45) is 17.3 Å². The number of phenols is 1. The van der Waals surface area contributed by atoms with Crippen LogP contribution in [0.5, 0.6) is 5.75 Å². The number of rotatable bonds is 0. The van der Waals surface area contributed by atoms with Gasteiger partial charge in [0.15, 0.2) is 0 Å². The Labute approximate surface area is 125 Å². The second-order valence-corrected chi connectivity index (χ2v) is 7.32. The van der Waals surface area contributed by atoms with Gasteiger partial charge in [-0.3, -0.25) is 0 Å². The maximum atomic E-state index is 10.3. The summed E-state index contributed by atoms with van der Waals surface area (Å²) in [5.74, 6) is 1.65. The molecule has 21 heavy (non-hydrogen) atoms.